The van der Waals surface area contributed by atoms with Gasteiger partial charge >= 0.3 is 0 Å². The topological polar surface area (TPSA) is 95.7 Å². The van der Waals surface area contributed by atoms with E-state index in [0.717, 1.165) is 37.9 Å². The van der Waals surface area contributed by atoms with Crippen molar-refractivity contribution < 1.29 is 14.7 Å². The standard InChI is InChI=1S/C20H31N3O3/c1-20(2,26)10-9-15-5-7-16(8-6-15)19(25)22-11-13-23-12-3-4-17(14-23)18(21)24/h5-8,17,26H,3-4,9-14H2,1-2H3,(H2,21,24)(H,22,25)/t17-/m0/s1. The Hall–Kier alpha value is -1.92. The normalized spacial score (nSPS) is 18.5. The second-order valence-electron chi connectivity index (χ2n) is 7.81. The summed E-state index contributed by atoms with van der Waals surface area (Å²) in [6, 6.07) is 7.50. The lowest BCUT2D eigenvalue weighted by Gasteiger charge is -2.31. The first-order valence-corrected chi connectivity index (χ1v) is 9.36. The SMILES string of the molecule is CC(C)(O)CCc1ccc(C(=O)NCCN2CCC[C@H](C(N)=O)C2)cc1. The fraction of sp³-hybridized carbons (Fsp3) is 0.600. The first-order chi connectivity index (χ1) is 12.2. The molecule has 1 saturated heterocycles. The van der Waals surface area contributed by atoms with Crippen molar-refractivity contribution in [2.45, 2.75) is 45.1 Å². The summed E-state index contributed by atoms with van der Waals surface area (Å²) in [5, 5.41) is 12.7. The van der Waals surface area contributed by atoms with Crippen LogP contribution in [0.2, 0.25) is 0 Å². The summed E-state index contributed by atoms with van der Waals surface area (Å²) in [5.41, 5.74) is 6.44. The number of likely N-dealkylation sites (tertiary alicyclic amines) is 1. The molecule has 0 saturated carbocycles. The summed E-state index contributed by atoms with van der Waals surface area (Å²) < 4.78 is 0. The number of aryl methyl sites for hydroxylation is 1. The molecule has 1 aliphatic heterocycles. The van der Waals surface area contributed by atoms with Gasteiger partial charge in [-0.05, 0) is 63.8 Å². The summed E-state index contributed by atoms with van der Waals surface area (Å²) in [4.78, 5) is 25.7. The van der Waals surface area contributed by atoms with Crippen LogP contribution in [0.15, 0.2) is 24.3 Å². The second kappa shape index (κ2) is 9.14. The van der Waals surface area contributed by atoms with E-state index in [2.05, 4.69) is 10.2 Å². The minimum absolute atomic E-state index is 0.0732. The van der Waals surface area contributed by atoms with E-state index in [1.54, 1.807) is 13.8 Å². The molecule has 1 aromatic carbocycles. The Morgan fingerprint density at radius 3 is 2.62 bits per heavy atom. The number of primary amides is 1. The van der Waals surface area contributed by atoms with Crippen LogP contribution in [-0.4, -0.2) is 53.6 Å². The highest BCUT2D eigenvalue weighted by atomic mass is 16.3. The molecule has 0 aliphatic carbocycles. The van der Waals surface area contributed by atoms with Gasteiger partial charge in [0, 0.05) is 25.2 Å². The Morgan fingerprint density at radius 2 is 2.00 bits per heavy atom. The number of benzene rings is 1. The molecule has 6 heteroatoms. The van der Waals surface area contributed by atoms with Crippen molar-refractivity contribution in [1.82, 2.24) is 10.2 Å². The lowest BCUT2D eigenvalue weighted by molar-refractivity contribution is -0.123. The largest absolute Gasteiger partial charge is 0.390 e. The molecule has 2 rings (SSSR count). The average molecular weight is 361 g/mol. The van der Waals surface area contributed by atoms with Gasteiger partial charge in [0.05, 0.1) is 11.5 Å². The van der Waals surface area contributed by atoms with Gasteiger partial charge in [0.2, 0.25) is 5.91 Å². The number of carbonyl (C=O) groups excluding carboxylic acids is 2. The molecule has 0 unspecified atom stereocenters. The number of hydrogen-bond donors (Lipinski definition) is 3. The molecule has 0 spiro atoms. The fourth-order valence-electron chi connectivity index (χ4n) is 3.19. The summed E-state index contributed by atoms with van der Waals surface area (Å²) >= 11 is 0. The van der Waals surface area contributed by atoms with Gasteiger partial charge in [-0.25, -0.2) is 0 Å². The Labute approximate surface area is 155 Å². The van der Waals surface area contributed by atoms with Crippen molar-refractivity contribution in [2.75, 3.05) is 26.2 Å². The summed E-state index contributed by atoms with van der Waals surface area (Å²) in [6.07, 6.45) is 3.29. The first-order valence-electron chi connectivity index (χ1n) is 9.36. The van der Waals surface area contributed by atoms with Crippen molar-refractivity contribution in [3.05, 3.63) is 35.4 Å². The number of piperidine rings is 1. The smallest absolute Gasteiger partial charge is 0.251 e. The molecule has 0 bridgehead atoms. The molecule has 6 nitrogen and oxygen atoms in total. The molecule has 26 heavy (non-hydrogen) atoms. The van der Waals surface area contributed by atoms with E-state index in [1.807, 2.05) is 24.3 Å². The molecule has 1 heterocycles. The number of nitrogens with one attached hydrogen (secondary N) is 1. The van der Waals surface area contributed by atoms with E-state index in [4.69, 9.17) is 5.73 Å². The van der Waals surface area contributed by atoms with Gasteiger partial charge in [0.15, 0.2) is 0 Å². The van der Waals surface area contributed by atoms with E-state index in [0.29, 0.717) is 25.1 Å². The van der Waals surface area contributed by atoms with Crippen molar-refractivity contribution >= 4 is 11.8 Å². The molecule has 1 aromatic rings. The van der Waals surface area contributed by atoms with E-state index in [1.165, 1.54) is 0 Å². The Bertz CT molecular complexity index is 608. The van der Waals surface area contributed by atoms with E-state index < -0.39 is 5.60 Å². The van der Waals surface area contributed by atoms with Crippen molar-refractivity contribution in [3.63, 3.8) is 0 Å². The van der Waals surface area contributed by atoms with Gasteiger partial charge in [0.1, 0.15) is 0 Å². The molecular formula is C20H31N3O3. The molecule has 1 fully saturated rings. The van der Waals surface area contributed by atoms with Crippen LogP contribution in [0, 0.1) is 5.92 Å². The monoisotopic (exact) mass is 361 g/mol. The minimum Gasteiger partial charge on any atom is -0.390 e. The van der Waals surface area contributed by atoms with Gasteiger partial charge < -0.3 is 21.1 Å². The quantitative estimate of drug-likeness (QED) is 0.651. The van der Waals surface area contributed by atoms with Crippen LogP contribution in [0.3, 0.4) is 0 Å². The lowest BCUT2D eigenvalue weighted by atomic mass is 9.97. The van der Waals surface area contributed by atoms with E-state index in [9.17, 15) is 14.7 Å². The highest BCUT2D eigenvalue weighted by molar-refractivity contribution is 5.94. The zero-order chi connectivity index (χ0) is 19.2. The Balaban J connectivity index is 1.75. The number of carbonyl (C=O) groups is 2. The lowest BCUT2D eigenvalue weighted by Crippen LogP contribution is -2.44. The number of nitrogens with two attached hydrogens (primary N) is 1. The predicted octanol–water partition coefficient (Wildman–Crippen LogP) is 1.32. The minimum atomic E-state index is -0.683. The number of aliphatic hydroxyl groups is 1. The maximum Gasteiger partial charge on any atom is 0.251 e. The summed E-state index contributed by atoms with van der Waals surface area (Å²) in [6.45, 7) is 6.48. The average Bonchev–Trinajstić information content (AvgIpc) is 2.60. The maximum absolute atomic E-state index is 12.2. The molecule has 4 N–H and O–H groups in total. The number of hydrogen-bond acceptors (Lipinski definition) is 4. The molecule has 2 amide bonds. The van der Waals surface area contributed by atoms with E-state index >= 15 is 0 Å². The van der Waals surface area contributed by atoms with Crippen LogP contribution < -0.4 is 11.1 Å². The molecule has 144 valence electrons. The summed E-state index contributed by atoms with van der Waals surface area (Å²) in [7, 11) is 0. The predicted molar refractivity (Wildman–Crippen MR) is 102 cm³/mol. The molecular weight excluding hydrogens is 330 g/mol. The zero-order valence-electron chi connectivity index (χ0n) is 15.8. The van der Waals surface area contributed by atoms with Gasteiger partial charge in [-0.15, -0.1) is 0 Å². The van der Waals surface area contributed by atoms with Crippen molar-refractivity contribution in [2.24, 2.45) is 11.7 Å². The summed E-state index contributed by atoms with van der Waals surface area (Å²) in [5.74, 6) is -0.401. The van der Waals surface area contributed by atoms with Crippen molar-refractivity contribution in [1.29, 1.82) is 0 Å². The molecule has 0 aromatic heterocycles. The number of nitrogens with zero attached hydrogens (tertiary/aromatic N) is 1. The highest BCUT2D eigenvalue weighted by Gasteiger charge is 2.23. The third-order valence-corrected chi connectivity index (χ3v) is 4.86. The van der Waals surface area contributed by atoms with Gasteiger partial charge in [0.25, 0.3) is 5.91 Å². The Kier molecular flexibility index (Phi) is 7.17. The van der Waals surface area contributed by atoms with Crippen molar-refractivity contribution in [3.8, 4) is 0 Å². The van der Waals surface area contributed by atoms with Gasteiger partial charge in [-0.2, -0.15) is 0 Å². The van der Waals surface area contributed by atoms with E-state index in [-0.39, 0.29) is 17.7 Å². The van der Waals surface area contributed by atoms with Crippen LogP contribution in [0.4, 0.5) is 0 Å². The second-order valence-corrected chi connectivity index (χ2v) is 7.81. The van der Waals surface area contributed by atoms with Gasteiger partial charge in [-0.1, -0.05) is 12.1 Å². The Morgan fingerprint density at radius 1 is 1.31 bits per heavy atom. The van der Waals surface area contributed by atoms with Crippen LogP contribution in [-0.2, 0) is 11.2 Å². The van der Waals surface area contributed by atoms with Gasteiger partial charge in [-0.3, -0.25) is 9.59 Å². The third kappa shape index (κ3) is 6.77. The van der Waals surface area contributed by atoms with Crippen LogP contribution in [0.25, 0.3) is 0 Å². The number of rotatable bonds is 8. The van der Waals surface area contributed by atoms with Crippen LogP contribution in [0.5, 0.6) is 0 Å². The van der Waals surface area contributed by atoms with Crippen LogP contribution in [0.1, 0.15) is 49.0 Å². The molecule has 0 radical (unpaired) electrons. The molecule has 1 atom stereocenters. The number of amides is 2. The zero-order valence-corrected chi connectivity index (χ0v) is 15.8. The fourth-order valence-corrected chi connectivity index (χ4v) is 3.19. The highest BCUT2D eigenvalue weighted by Crippen LogP contribution is 2.16. The van der Waals surface area contributed by atoms with Crippen LogP contribution >= 0.6 is 0 Å². The molecule has 1 aliphatic rings. The maximum atomic E-state index is 12.2. The first kappa shape index (κ1) is 20.4. The third-order valence-electron chi connectivity index (χ3n) is 4.86.